The van der Waals surface area contributed by atoms with Gasteiger partial charge in [0, 0.05) is 30.5 Å². The molecule has 2 aromatic heterocycles. The van der Waals surface area contributed by atoms with Gasteiger partial charge in [-0.1, -0.05) is 12.1 Å². The molecule has 0 saturated carbocycles. The second-order valence-corrected chi connectivity index (χ2v) is 6.20. The highest BCUT2D eigenvalue weighted by Crippen LogP contribution is 2.17. The van der Waals surface area contributed by atoms with E-state index in [9.17, 15) is 9.18 Å². The number of benzene rings is 1. The number of carbonyl (C=O) groups excluding carboxylic acids is 1. The molecule has 26 heavy (non-hydrogen) atoms. The normalized spacial score (nSPS) is 10.7. The zero-order chi connectivity index (χ0) is 18.5. The molecule has 0 spiro atoms. The van der Waals surface area contributed by atoms with Crippen LogP contribution < -0.4 is 5.32 Å². The summed E-state index contributed by atoms with van der Waals surface area (Å²) < 4.78 is 15.2. The maximum Gasteiger partial charge on any atom is 0.252 e. The molecule has 0 atom stereocenters. The molecule has 0 saturated heterocycles. The van der Waals surface area contributed by atoms with Gasteiger partial charge >= 0.3 is 0 Å². The van der Waals surface area contributed by atoms with E-state index in [0.29, 0.717) is 23.4 Å². The smallest absolute Gasteiger partial charge is 0.252 e. The molecule has 134 valence electrons. The molecule has 3 aromatic rings. The second kappa shape index (κ2) is 7.91. The number of amides is 1. The zero-order valence-electron chi connectivity index (χ0n) is 14.9. The summed E-state index contributed by atoms with van der Waals surface area (Å²) in [6.45, 7) is 5.30. The Kier molecular flexibility index (Phi) is 5.41. The minimum Gasteiger partial charge on any atom is -0.352 e. The summed E-state index contributed by atoms with van der Waals surface area (Å²) in [5.74, 6) is -0.481. The molecular weight excluding hydrogens is 331 g/mol. The van der Waals surface area contributed by atoms with Crippen LogP contribution in [0, 0.1) is 19.7 Å². The summed E-state index contributed by atoms with van der Waals surface area (Å²) in [7, 11) is 0. The number of aromatic nitrogens is 3. The van der Waals surface area contributed by atoms with Crippen molar-refractivity contribution < 1.29 is 9.18 Å². The lowest BCUT2D eigenvalue weighted by Crippen LogP contribution is -2.25. The van der Waals surface area contributed by atoms with Crippen LogP contribution in [-0.4, -0.2) is 27.2 Å². The van der Waals surface area contributed by atoms with Gasteiger partial charge in [0.15, 0.2) is 0 Å². The molecule has 0 aliphatic heterocycles. The Hall–Kier alpha value is -3.02. The summed E-state index contributed by atoms with van der Waals surface area (Å²) >= 11 is 0. The van der Waals surface area contributed by atoms with Crippen LogP contribution in [0.15, 0.2) is 48.7 Å². The summed E-state index contributed by atoms with van der Waals surface area (Å²) in [6.07, 6.45) is 2.30. The van der Waals surface area contributed by atoms with E-state index in [0.717, 1.165) is 24.4 Å². The fourth-order valence-corrected chi connectivity index (χ4v) is 2.78. The fourth-order valence-electron chi connectivity index (χ4n) is 2.78. The predicted octanol–water partition coefficient (Wildman–Crippen LogP) is 3.52. The summed E-state index contributed by atoms with van der Waals surface area (Å²) in [6, 6.07) is 11.7. The molecule has 0 aliphatic rings. The highest BCUT2D eigenvalue weighted by molar-refractivity contribution is 5.94. The van der Waals surface area contributed by atoms with Crippen LogP contribution in [0.25, 0.3) is 11.3 Å². The number of pyridine rings is 1. The molecule has 1 amide bonds. The average molecular weight is 352 g/mol. The van der Waals surface area contributed by atoms with E-state index < -0.39 is 0 Å². The molecule has 0 bridgehead atoms. The number of nitrogens with one attached hydrogen (secondary N) is 1. The topological polar surface area (TPSA) is 59.8 Å². The van der Waals surface area contributed by atoms with Crippen molar-refractivity contribution in [1.29, 1.82) is 0 Å². The number of rotatable bonds is 6. The van der Waals surface area contributed by atoms with Crippen molar-refractivity contribution in [1.82, 2.24) is 20.1 Å². The number of nitrogens with zero attached hydrogens (tertiary/aromatic N) is 3. The van der Waals surface area contributed by atoms with E-state index in [2.05, 4.69) is 15.4 Å². The van der Waals surface area contributed by atoms with Gasteiger partial charge in [-0.2, -0.15) is 5.10 Å². The van der Waals surface area contributed by atoms with Crippen molar-refractivity contribution in [2.75, 3.05) is 6.54 Å². The van der Waals surface area contributed by atoms with Gasteiger partial charge in [0.1, 0.15) is 5.82 Å². The molecule has 0 radical (unpaired) electrons. The van der Waals surface area contributed by atoms with Gasteiger partial charge in [-0.05, 0) is 50.6 Å². The van der Waals surface area contributed by atoms with Crippen LogP contribution in [0.2, 0.25) is 0 Å². The first-order valence-corrected chi connectivity index (χ1v) is 8.54. The summed E-state index contributed by atoms with van der Waals surface area (Å²) in [4.78, 5) is 16.5. The zero-order valence-corrected chi connectivity index (χ0v) is 14.9. The molecule has 6 heteroatoms. The highest BCUT2D eigenvalue weighted by Gasteiger charge is 2.07. The number of halogens is 1. The van der Waals surface area contributed by atoms with Crippen molar-refractivity contribution in [3.8, 4) is 11.3 Å². The maximum atomic E-state index is 13.3. The van der Waals surface area contributed by atoms with Gasteiger partial charge in [0.2, 0.25) is 0 Å². The Bertz CT molecular complexity index is 902. The van der Waals surface area contributed by atoms with Gasteiger partial charge in [-0.25, -0.2) is 4.39 Å². The molecule has 0 fully saturated rings. The van der Waals surface area contributed by atoms with E-state index in [1.807, 2.05) is 24.6 Å². The first kappa shape index (κ1) is 17.8. The number of aryl methyl sites for hydroxylation is 3. The number of carbonyl (C=O) groups is 1. The molecule has 1 N–H and O–H groups in total. The van der Waals surface area contributed by atoms with E-state index in [4.69, 9.17) is 0 Å². The van der Waals surface area contributed by atoms with Crippen LogP contribution in [0.4, 0.5) is 4.39 Å². The lowest BCUT2D eigenvalue weighted by atomic mass is 10.1. The summed E-state index contributed by atoms with van der Waals surface area (Å²) in [5.41, 5.74) is 3.91. The fraction of sp³-hybridized carbons (Fsp3) is 0.250. The van der Waals surface area contributed by atoms with Crippen LogP contribution in [0.1, 0.15) is 28.2 Å². The molecule has 3 rings (SSSR count). The second-order valence-electron chi connectivity index (χ2n) is 6.20. The van der Waals surface area contributed by atoms with Gasteiger partial charge < -0.3 is 5.32 Å². The molecule has 5 nitrogen and oxygen atoms in total. The van der Waals surface area contributed by atoms with Crippen molar-refractivity contribution in [3.63, 3.8) is 0 Å². The quantitative estimate of drug-likeness (QED) is 0.691. The lowest BCUT2D eigenvalue weighted by Gasteiger charge is -2.07. The van der Waals surface area contributed by atoms with Crippen molar-refractivity contribution >= 4 is 5.91 Å². The van der Waals surface area contributed by atoms with E-state index in [1.165, 1.54) is 18.3 Å². The third-order valence-electron chi connectivity index (χ3n) is 4.08. The minimum atomic E-state index is -0.311. The van der Waals surface area contributed by atoms with Crippen LogP contribution >= 0.6 is 0 Å². The van der Waals surface area contributed by atoms with E-state index in [-0.39, 0.29) is 11.7 Å². The Morgan fingerprint density at radius 2 is 2.04 bits per heavy atom. The SMILES string of the molecule is Cc1cc(C)n(CCCNC(=O)c2ccc(-c3cccc(F)c3)nc2)n1. The molecular formula is C20H21FN4O. The Morgan fingerprint density at radius 1 is 1.19 bits per heavy atom. The first-order valence-electron chi connectivity index (χ1n) is 8.54. The average Bonchev–Trinajstić information content (AvgIpc) is 2.96. The standard InChI is InChI=1S/C20H21FN4O/c1-14-11-15(2)25(24-14)10-4-9-22-20(26)17-7-8-19(23-13-17)16-5-3-6-18(21)12-16/h3,5-8,11-13H,4,9-10H2,1-2H3,(H,22,26). The highest BCUT2D eigenvalue weighted by atomic mass is 19.1. The predicted molar refractivity (Wildman–Crippen MR) is 98.3 cm³/mol. The van der Waals surface area contributed by atoms with Gasteiger partial charge in [-0.15, -0.1) is 0 Å². The van der Waals surface area contributed by atoms with Crippen molar-refractivity contribution in [2.45, 2.75) is 26.8 Å². The van der Waals surface area contributed by atoms with E-state index in [1.54, 1.807) is 24.3 Å². The number of hydrogen-bond acceptors (Lipinski definition) is 3. The lowest BCUT2D eigenvalue weighted by molar-refractivity contribution is 0.0952. The van der Waals surface area contributed by atoms with Gasteiger partial charge in [0.05, 0.1) is 17.0 Å². The third kappa shape index (κ3) is 4.33. The molecule has 1 aromatic carbocycles. The van der Waals surface area contributed by atoms with Gasteiger partial charge in [0.25, 0.3) is 5.91 Å². The monoisotopic (exact) mass is 352 g/mol. The summed E-state index contributed by atoms with van der Waals surface area (Å²) in [5, 5.41) is 7.28. The van der Waals surface area contributed by atoms with Crippen molar-refractivity contribution in [3.05, 3.63) is 71.4 Å². The van der Waals surface area contributed by atoms with Crippen LogP contribution in [-0.2, 0) is 6.54 Å². The van der Waals surface area contributed by atoms with Gasteiger partial charge in [-0.3, -0.25) is 14.5 Å². The third-order valence-corrected chi connectivity index (χ3v) is 4.08. The molecule has 0 unspecified atom stereocenters. The molecule has 2 heterocycles. The Balaban J connectivity index is 1.52. The Morgan fingerprint density at radius 3 is 2.69 bits per heavy atom. The van der Waals surface area contributed by atoms with E-state index >= 15 is 0 Å². The van der Waals surface area contributed by atoms with Crippen molar-refractivity contribution in [2.24, 2.45) is 0 Å². The van der Waals surface area contributed by atoms with Crippen LogP contribution in [0.3, 0.4) is 0 Å². The van der Waals surface area contributed by atoms with Crippen LogP contribution in [0.5, 0.6) is 0 Å². The molecule has 0 aliphatic carbocycles. The largest absolute Gasteiger partial charge is 0.352 e. The minimum absolute atomic E-state index is 0.170. The maximum absolute atomic E-state index is 13.3. The Labute approximate surface area is 151 Å². The number of hydrogen-bond donors (Lipinski definition) is 1. The first-order chi connectivity index (χ1) is 12.5.